The molecule has 0 bridgehead atoms. The lowest BCUT2D eigenvalue weighted by Gasteiger charge is -2.52. The van der Waals surface area contributed by atoms with Crippen LogP contribution in [0.2, 0.25) is 0 Å². The van der Waals surface area contributed by atoms with Crippen LogP contribution in [0.1, 0.15) is 65.7 Å². The molecule has 2 aliphatic carbocycles. The summed E-state index contributed by atoms with van der Waals surface area (Å²) in [7, 11) is 2.00. The van der Waals surface area contributed by atoms with Crippen LogP contribution < -0.4 is 10.6 Å². The molecule has 21 heavy (non-hydrogen) atoms. The van der Waals surface area contributed by atoms with Gasteiger partial charge < -0.3 is 15.4 Å². The fourth-order valence-electron chi connectivity index (χ4n) is 3.91. The molecule has 0 aromatic rings. The fourth-order valence-corrected chi connectivity index (χ4v) is 3.91. The zero-order chi connectivity index (χ0) is 15.5. The molecular formula is C17H32N2O2. The molecule has 4 nitrogen and oxygen atoms in total. The molecule has 2 unspecified atom stereocenters. The highest BCUT2D eigenvalue weighted by Gasteiger charge is 2.49. The Bertz CT molecular complexity index is 362. The third-order valence-corrected chi connectivity index (χ3v) is 5.72. The van der Waals surface area contributed by atoms with Crippen molar-refractivity contribution in [1.82, 2.24) is 10.6 Å². The summed E-state index contributed by atoms with van der Waals surface area (Å²) in [6.45, 7) is 7.16. The Balaban J connectivity index is 1.85. The van der Waals surface area contributed by atoms with Gasteiger partial charge in [0.1, 0.15) is 0 Å². The monoisotopic (exact) mass is 296 g/mol. The van der Waals surface area contributed by atoms with Crippen molar-refractivity contribution in [3.8, 4) is 0 Å². The minimum atomic E-state index is 0.0234. The number of hydrogen-bond donors (Lipinski definition) is 2. The molecule has 2 atom stereocenters. The van der Waals surface area contributed by atoms with Gasteiger partial charge in [-0.25, -0.2) is 0 Å². The van der Waals surface area contributed by atoms with Crippen molar-refractivity contribution in [3.05, 3.63) is 0 Å². The molecule has 0 heterocycles. The Labute approximate surface area is 129 Å². The van der Waals surface area contributed by atoms with E-state index in [0.29, 0.717) is 6.42 Å². The van der Waals surface area contributed by atoms with Crippen molar-refractivity contribution < 1.29 is 9.53 Å². The van der Waals surface area contributed by atoms with Gasteiger partial charge in [-0.15, -0.1) is 0 Å². The number of hydrogen-bond acceptors (Lipinski definition) is 3. The lowest BCUT2D eigenvalue weighted by atomic mass is 9.64. The molecule has 0 radical (unpaired) electrons. The summed E-state index contributed by atoms with van der Waals surface area (Å²) in [6.07, 6.45) is 7.83. The van der Waals surface area contributed by atoms with Gasteiger partial charge in [-0.2, -0.15) is 0 Å². The minimum Gasteiger partial charge on any atom is -0.378 e. The van der Waals surface area contributed by atoms with Gasteiger partial charge in [0, 0.05) is 30.0 Å². The maximum Gasteiger partial charge on any atom is 0.222 e. The van der Waals surface area contributed by atoms with Gasteiger partial charge in [0.05, 0.1) is 6.10 Å². The van der Waals surface area contributed by atoms with Crippen LogP contribution in [-0.2, 0) is 9.53 Å². The molecule has 0 saturated heterocycles. The van der Waals surface area contributed by atoms with E-state index in [0.717, 1.165) is 25.9 Å². The normalized spacial score (nSPS) is 30.5. The Morgan fingerprint density at radius 2 is 1.90 bits per heavy atom. The van der Waals surface area contributed by atoms with E-state index in [-0.39, 0.29) is 29.0 Å². The highest BCUT2D eigenvalue weighted by Crippen LogP contribution is 2.43. The maximum atomic E-state index is 12.4. The second kappa shape index (κ2) is 6.66. The van der Waals surface area contributed by atoms with Crippen LogP contribution >= 0.6 is 0 Å². The fraction of sp³-hybridized carbons (Fsp3) is 0.941. The van der Waals surface area contributed by atoms with Crippen LogP contribution in [0.5, 0.6) is 0 Å². The second-order valence-electron chi connectivity index (χ2n) is 7.39. The van der Waals surface area contributed by atoms with Gasteiger partial charge in [-0.05, 0) is 33.2 Å². The molecular weight excluding hydrogens is 264 g/mol. The van der Waals surface area contributed by atoms with E-state index in [1.165, 1.54) is 19.3 Å². The van der Waals surface area contributed by atoms with Crippen molar-refractivity contribution in [2.75, 3.05) is 13.7 Å². The maximum absolute atomic E-state index is 12.4. The predicted octanol–water partition coefficient (Wildman–Crippen LogP) is 2.62. The van der Waals surface area contributed by atoms with Crippen LogP contribution in [-0.4, -0.2) is 37.2 Å². The summed E-state index contributed by atoms with van der Waals surface area (Å²) in [4.78, 5) is 12.4. The third kappa shape index (κ3) is 3.59. The SMILES string of the molecule is CCOC1CC(NC(=O)CC2(NC)CCCCC2)C1(C)C. The molecule has 0 spiro atoms. The Hall–Kier alpha value is -0.610. The number of amides is 1. The third-order valence-electron chi connectivity index (χ3n) is 5.72. The standard InChI is InChI=1S/C17H32N2O2/c1-5-21-14-11-13(16(14,2)3)19-15(20)12-17(18-4)9-7-6-8-10-17/h13-14,18H,5-12H2,1-4H3,(H,19,20). The minimum absolute atomic E-state index is 0.0234. The molecule has 2 aliphatic rings. The smallest absolute Gasteiger partial charge is 0.222 e. The van der Waals surface area contributed by atoms with Gasteiger partial charge in [-0.3, -0.25) is 4.79 Å². The molecule has 2 rings (SSSR count). The molecule has 0 aromatic carbocycles. The average molecular weight is 296 g/mol. The highest BCUT2D eigenvalue weighted by atomic mass is 16.5. The summed E-state index contributed by atoms with van der Waals surface area (Å²) < 4.78 is 5.73. The molecule has 2 saturated carbocycles. The molecule has 2 fully saturated rings. The Morgan fingerprint density at radius 3 is 2.43 bits per heavy atom. The van der Waals surface area contributed by atoms with Crippen LogP contribution in [0.4, 0.5) is 0 Å². The van der Waals surface area contributed by atoms with Crippen LogP contribution in [0.25, 0.3) is 0 Å². The number of ether oxygens (including phenoxy) is 1. The predicted molar refractivity (Wildman–Crippen MR) is 85.2 cm³/mol. The first-order chi connectivity index (χ1) is 9.93. The van der Waals surface area contributed by atoms with E-state index in [9.17, 15) is 4.79 Å². The van der Waals surface area contributed by atoms with Crippen molar-refractivity contribution in [2.24, 2.45) is 5.41 Å². The quantitative estimate of drug-likeness (QED) is 0.792. The van der Waals surface area contributed by atoms with Crippen molar-refractivity contribution >= 4 is 5.91 Å². The van der Waals surface area contributed by atoms with Crippen LogP contribution in [0.3, 0.4) is 0 Å². The van der Waals surface area contributed by atoms with E-state index >= 15 is 0 Å². The van der Waals surface area contributed by atoms with Gasteiger partial charge in [0.15, 0.2) is 0 Å². The highest BCUT2D eigenvalue weighted by molar-refractivity contribution is 5.78. The largest absolute Gasteiger partial charge is 0.378 e. The zero-order valence-corrected chi connectivity index (χ0v) is 14.1. The van der Waals surface area contributed by atoms with E-state index in [2.05, 4.69) is 24.5 Å². The average Bonchev–Trinajstić information content (AvgIpc) is 2.47. The summed E-state index contributed by atoms with van der Waals surface area (Å²) in [5.74, 6) is 0.194. The number of carbonyl (C=O) groups is 1. The van der Waals surface area contributed by atoms with Crippen molar-refractivity contribution in [1.29, 1.82) is 0 Å². The summed E-state index contributed by atoms with van der Waals surface area (Å²) in [6, 6.07) is 0.249. The summed E-state index contributed by atoms with van der Waals surface area (Å²) in [5, 5.41) is 6.66. The van der Waals surface area contributed by atoms with Gasteiger partial charge in [0.25, 0.3) is 0 Å². The van der Waals surface area contributed by atoms with Crippen LogP contribution in [0.15, 0.2) is 0 Å². The van der Waals surface area contributed by atoms with E-state index in [1.54, 1.807) is 0 Å². The number of carbonyl (C=O) groups excluding carboxylic acids is 1. The molecule has 4 heteroatoms. The molecule has 0 aliphatic heterocycles. The molecule has 0 aromatic heterocycles. The topological polar surface area (TPSA) is 50.4 Å². The molecule has 1 amide bonds. The number of rotatable bonds is 6. The molecule has 2 N–H and O–H groups in total. The van der Waals surface area contributed by atoms with Crippen molar-refractivity contribution in [3.63, 3.8) is 0 Å². The van der Waals surface area contributed by atoms with E-state index < -0.39 is 0 Å². The zero-order valence-electron chi connectivity index (χ0n) is 14.1. The Kier molecular flexibility index (Phi) is 5.31. The second-order valence-corrected chi connectivity index (χ2v) is 7.39. The van der Waals surface area contributed by atoms with Gasteiger partial charge >= 0.3 is 0 Å². The van der Waals surface area contributed by atoms with Crippen molar-refractivity contribution in [2.45, 2.75) is 83.4 Å². The Morgan fingerprint density at radius 1 is 1.24 bits per heavy atom. The van der Waals surface area contributed by atoms with Gasteiger partial charge in [-0.1, -0.05) is 33.1 Å². The molecule has 122 valence electrons. The lowest BCUT2D eigenvalue weighted by molar-refractivity contribution is -0.138. The first-order valence-corrected chi connectivity index (χ1v) is 8.53. The first kappa shape index (κ1) is 16.8. The lowest BCUT2D eigenvalue weighted by Crippen LogP contribution is -2.63. The first-order valence-electron chi connectivity index (χ1n) is 8.53. The van der Waals surface area contributed by atoms with E-state index in [4.69, 9.17) is 4.74 Å². The summed E-state index contributed by atoms with van der Waals surface area (Å²) >= 11 is 0. The summed E-state index contributed by atoms with van der Waals surface area (Å²) in [5.41, 5.74) is 0.0700. The van der Waals surface area contributed by atoms with E-state index in [1.807, 2.05) is 14.0 Å². The van der Waals surface area contributed by atoms with Gasteiger partial charge in [0.2, 0.25) is 5.91 Å². The number of nitrogens with one attached hydrogen (secondary N) is 2. The van der Waals surface area contributed by atoms with Crippen LogP contribution in [0, 0.1) is 5.41 Å².